The number of rotatable bonds is 6. The van der Waals surface area contributed by atoms with E-state index in [0.29, 0.717) is 17.4 Å². The van der Waals surface area contributed by atoms with Crippen LogP contribution in [0.25, 0.3) is 0 Å². The zero-order chi connectivity index (χ0) is 20.3. The number of hydrogen-bond acceptors (Lipinski definition) is 2. The van der Waals surface area contributed by atoms with Gasteiger partial charge in [0.15, 0.2) is 0 Å². The van der Waals surface area contributed by atoms with Crippen molar-refractivity contribution in [3.8, 4) is 0 Å². The molecule has 3 rings (SSSR count). The quantitative estimate of drug-likeness (QED) is 0.415. The summed E-state index contributed by atoms with van der Waals surface area (Å²) in [6.45, 7) is 15.7. The van der Waals surface area contributed by atoms with Crippen molar-refractivity contribution in [3.63, 3.8) is 0 Å². The third kappa shape index (κ3) is 5.79. The number of hydrogen-bond donors (Lipinski definition) is 1. The summed E-state index contributed by atoms with van der Waals surface area (Å²) in [5.74, 6) is 2.90. The Balaban J connectivity index is 1.59. The maximum atomic E-state index is 6.28. The van der Waals surface area contributed by atoms with Gasteiger partial charge in [-0.25, -0.2) is 0 Å². The summed E-state index contributed by atoms with van der Waals surface area (Å²) in [7, 11) is 0. The van der Waals surface area contributed by atoms with Crippen LogP contribution in [0.5, 0.6) is 0 Å². The molecule has 1 aliphatic heterocycles. The summed E-state index contributed by atoms with van der Waals surface area (Å²) >= 11 is 6.28. The van der Waals surface area contributed by atoms with Gasteiger partial charge >= 0.3 is 0 Å². The minimum Gasteiger partial charge on any atom is -0.384 e. The van der Waals surface area contributed by atoms with Gasteiger partial charge in [-0.2, -0.15) is 0 Å². The van der Waals surface area contributed by atoms with E-state index in [2.05, 4.69) is 63.1 Å². The predicted molar refractivity (Wildman–Crippen MR) is 123 cm³/mol. The highest BCUT2D eigenvalue weighted by Gasteiger charge is 2.40. The normalized spacial score (nSPS) is 34.9. The lowest BCUT2D eigenvalue weighted by molar-refractivity contribution is 0.0226. The van der Waals surface area contributed by atoms with E-state index in [0.717, 1.165) is 24.2 Å². The van der Waals surface area contributed by atoms with Crippen molar-refractivity contribution < 1.29 is 0 Å². The third-order valence-electron chi connectivity index (χ3n) is 7.47. The van der Waals surface area contributed by atoms with E-state index in [1.165, 1.54) is 57.4 Å². The van der Waals surface area contributed by atoms with Crippen LogP contribution in [0.3, 0.4) is 0 Å². The maximum Gasteiger partial charge on any atom is 0.0516 e. The Morgan fingerprint density at radius 2 is 1.96 bits per heavy atom. The van der Waals surface area contributed by atoms with Crippen LogP contribution < -0.4 is 5.32 Å². The average Bonchev–Trinajstić information content (AvgIpc) is 2.61. The van der Waals surface area contributed by atoms with E-state index in [1.54, 1.807) is 0 Å². The van der Waals surface area contributed by atoms with E-state index in [9.17, 15) is 0 Å². The molecule has 0 aromatic rings. The molecule has 0 aromatic heterocycles. The van der Waals surface area contributed by atoms with Gasteiger partial charge in [0, 0.05) is 24.8 Å². The lowest BCUT2D eigenvalue weighted by Crippen LogP contribution is -2.52. The van der Waals surface area contributed by atoms with Crippen LogP contribution in [0, 0.1) is 29.1 Å². The summed E-state index contributed by atoms with van der Waals surface area (Å²) in [6.07, 6.45) is 14.8. The van der Waals surface area contributed by atoms with Crippen LogP contribution in [0.15, 0.2) is 23.9 Å². The zero-order valence-electron chi connectivity index (χ0n) is 18.9. The highest BCUT2D eigenvalue weighted by molar-refractivity contribution is 6.21. The van der Waals surface area contributed by atoms with Crippen LogP contribution in [0.2, 0.25) is 0 Å². The molecule has 28 heavy (non-hydrogen) atoms. The molecule has 3 unspecified atom stereocenters. The molecule has 0 amide bonds. The van der Waals surface area contributed by atoms with Crippen molar-refractivity contribution in [1.29, 1.82) is 0 Å². The molecule has 0 radical (unpaired) electrons. The number of piperidine rings is 1. The van der Waals surface area contributed by atoms with Crippen molar-refractivity contribution in [3.05, 3.63) is 23.9 Å². The number of alkyl halides is 1. The van der Waals surface area contributed by atoms with Gasteiger partial charge in [-0.05, 0) is 74.2 Å². The third-order valence-corrected chi connectivity index (χ3v) is 7.84. The molecule has 0 aromatic carbocycles. The highest BCUT2D eigenvalue weighted by atomic mass is 35.5. The van der Waals surface area contributed by atoms with Crippen molar-refractivity contribution in [1.82, 2.24) is 10.2 Å². The standard InChI is InChI=1S/C25H43ClN2/c1-18(2)24(27-22-8-6-7-19(3)15-22)16-28-14-13-23(25(4,5)17-28)20-9-11-21(26)12-10-20/h9,11,15,18-21,23-24,27H,6-8,10,12-14,16-17H2,1-5H3/t19?,20?,21?,23-,24+/m1/s1. The van der Waals surface area contributed by atoms with Crippen molar-refractivity contribution >= 4 is 11.6 Å². The Hall–Kier alpha value is -0.470. The van der Waals surface area contributed by atoms with Gasteiger partial charge in [0.25, 0.3) is 0 Å². The number of likely N-dealkylation sites (tertiary alicyclic amines) is 1. The van der Waals surface area contributed by atoms with Gasteiger partial charge in [0.1, 0.15) is 0 Å². The van der Waals surface area contributed by atoms with Gasteiger partial charge in [-0.3, -0.25) is 0 Å². The fourth-order valence-electron chi connectivity index (χ4n) is 5.76. The predicted octanol–water partition coefficient (Wildman–Crippen LogP) is 6.23. The van der Waals surface area contributed by atoms with Gasteiger partial charge < -0.3 is 10.2 Å². The smallest absolute Gasteiger partial charge is 0.0516 e. The first kappa shape index (κ1) is 22.2. The summed E-state index contributed by atoms with van der Waals surface area (Å²) in [5.41, 5.74) is 1.86. The molecular formula is C25H43ClN2. The number of halogens is 1. The maximum absolute atomic E-state index is 6.28. The summed E-state index contributed by atoms with van der Waals surface area (Å²) in [6, 6.07) is 0.551. The molecule has 1 fully saturated rings. The molecule has 0 bridgehead atoms. The number of allylic oxidation sites excluding steroid dienone is 4. The van der Waals surface area contributed by atoms with Crippen LogP contribution in [-0.2, 0) is 0 Å². The molecule has 0 saturated carbocycles. The van der Waals surface area contributed by atoms with Crippen molar-refractivity contribution in [2.45, 2.75) is 84.6 Å². The lowest BCUT2D eigenvalue weighted by atomic mass is 9.65. The van der Waals surface area contributed by atoms with E-state index in [4.69, 9.17) is 11.6 Å². The van der Waals surface area contributed by atoms with E-state index in [1.807, 2.05) is 0 Å². The Bertz CT molecular complexity index is 565. The zero-order valence-corrected chi connectivity index (χ0v) is 19.6. The molecule has 1 heterocycles. The Kier molecular flexibility index (Phi) is 7.59. The number of nitrogens with one attached hydrogen (secondary N) is 1. The lowest BCUT2D eigenvalue weighted by Gasteiger charge is -2.48. The van der Waals surface area contributed by atoms with Gasteiger partial charge in [0.05, 0.1) is 5.38 Å². The van der Waals surface area contributed by atoms with Crippen LogP contribution >= 0.6 is 11.6 Å². The second-order valence-electron chi connectivity index (χ2n) is 10.8. The molecule has 1 N–H and O–H groups in total. The molecule has 1 saturated heterocycles. The fourth-order valence-corrected chi connectivity index (χ4v) is 5.97. The SMILES string of the molecule is CC1C=C(N[C@@H](CN2CC[C@H](C3C=CC(Cl)CC3)C(C)(C)C2)C(C)C)CCC1. The monoisotopic (exact) mass is 406 g/mol. The Morgan fingerprint density at radius 3 is 2.57 bits per heavy atom. The van der Waals surface area contributed by atoms with E-state index >= 15 is 0 Å². The van der Waals surface area contributed by atoms with Gasteiger partial charge in [-0.15, -0.1) is 11.6 Å². The Labute approximate surface area is 179 Å². The molecular weight excluding hydrogens is 364 g/mol. The largest absolute Gasteiger partial charge is 0.384 e. The first-order chi connectivity index (χ1) is 13.2. The molecule has 5 atom stereocenters. The Morgan fingerprint density at radius 1 is 1.18 bits per heavy atom. The van der Waals surface area contributed by atoms with Crippen molar-refractivity contribution in [2.24, 2.45) is 29.1 Å². The van der Waals surface area contributed by atoms with Crippen LogP contribution in [0.4, 0.5) is 0 Å². The second kappa shape index (κ2) is 9.56. The molecule has 2 nitrogen and oxygen atoms in total. The van der Waals surface area contributed by atoms with Gasteiger partial charge in [-0.1, -0.05) is 52.8 Å². The average molecular weight is 407 g/mol. The van der Waals surface area contributed by atoms with Gasteiger partial charge in [0.2, 0.25) is 0 Å². The summed E-state index contributed by atoms with van der Waals surface area (Å²) in [4.78, 5) is 2.73. The van der Waals surface area contributed by atoms with Crippen LogP contribution in [-0.4, -0.2) is 36.0 Å². The van der Waals surface area contributed by atoms with Crippen LogP contribution in [0.1, 0.15) is 73.1 Å². The minimum atomic E-state index is 0.258. The summed E-state index contributed by atoms with van der Waals surface area (Å²) < 4.78 is 0. The van der Waals surface area contributed by atoms with E-state index < -0.39 is 0 Å². The van der Waals surface area contributed by atoms with Crippen molar-refractivity contribution in [2.75, 3.05) is 19.6 Å². The molecule has 3 heteroatoms. The summed E-state index contributed by atoms with van der Waals surface area (Å²) in [5, 5.41) is 4.19. The second-order valence-corrected chi connectivity index (χ2v) is 11.4. The first-order valence-electron chi connectivity index (χ1n) is 11.8. The molecule has 0 spiro atoms. The number of nitrogens with zero attached hydrogens (tertiary/aromatic N) is 1. The molecule has 3 aliphatic rings. The minimum absolute atomic E-state index is 0.258. The molecule has 160 valence electrons. The molecule has 2 aliphatic carbocycles. The van der Waals surface area contributed by atoms with E-state index in [-0.39, 0.29) is 5.38 Å². The fraction of sp³-hybridized carbons (Fsp3) is 0.840. The topological polar surface area (TPSA) is 15.3 Å². The first-order valence-corrected chi connectivity index (χ1v) is 12.2. The highest BCUT2D eigenvalue weighted by Crippen LogP contribution is 2.43.